The van der Waals surface area contributed by atoms with E-state index in [4.69, 9.17) is 5.73 Å². The van der Waals surface area contributed by atoms with Crippen LogP contribution in [-0.4, -0.2) is 35.0 Å². The van der Waals surface area contributed by atoms with Gasteiger partial charge in [-0.3, -0.25) is 4.79 Å². The molecule has 0 radical (unpaired) electrons. The number of amides is 1. The van der Waals surface area contributed by atoms with Crippen molar-refractivity contribution < 1.29 is 4.79 Å². The quantitative estimate of drug-likeness (QED) is 0.863. The summed E-state index contributed by atoms with van der Waals surface area (Å²) in [6.07, 6.45) is 10.00. The normalized spacial score (nSPS) is 27.6. The highest BCUT2D eigenvalue weighted by molar-refractivity contribution is 5.76. The molecule has 2 heterocycles. The minimum Gasteiger partial charge on any atom is -0.368 e. The number of rotatable bonds is 5. The maximum atomic E-state index is 12.5. The third-order valence-corrected chi connectivity index (χ3v) is 5.87. The van der Waals surface area contributed by atoms with E-state index in [1.807, 2.05) is 6.07 Å². The summed E-state index contributed by atoms with van der Waals surface area (Å²) in [5.41, 5.74) is 5.72. The molecule has 1 aromatic rings. The second-order valence-electron chi connectivity index (χ2n) is 7.71. The maximum Gasteiger partial charge on any atom is 0.221 e. The summed E-state index contributed by atoms with van der Waals surface area (Å²) in [4.78, 5) is 23.0. The Morgan fingerprint density at radius 1 is 1.25 bits per heavy atom. The number of carbonyl (C=O) groups excluding carboxylic acids is 1. The smallest absolute Gasteiger partial charge is 0.221 e. The van der Waals surface area contributed by atoms with Gasteiger partial charge in [-0.2, -0.15) is 4.98 Å². The molecule has 1 saturated heterocycles. The number of nitrogens with one attached hydrogen (secondary N) is 1. The van der Waals surface area contributed by atoms with E-state index in [0.29, 0.717) is 24.2 Å². The highest BCUT2D eigenvalue weighted by atomic mass is 16.1. The molecule has 1 aliphatic heterocycles. The van der Waals surface area contributed by atoms with Crippen molar-refractivity contribution in [2.24, 2.45) is 17.8 Å². The van der Waals surface area contributed by atoms with E-state index in [9.17, 15) is 4.79 Å². The van der Waals surface area contributed by atoms with Crippen molar-refractivity contribution in [3.8, 4) is 0 Å². The molecular weight excluding hydrogens is 302 g/mol. The van der Waals surface area contributed by atoms with E-state index < -0.39 is 0 Å². The molecule has 3 aliphatic rings. The Bertz CT molecular complexity index is 597. The van der Waals surface area contributed by atoms with Gasteiger partial charge in [-0.15, -0.1) is 0 Å². The molecule has 1 amide bonds. The molecule has 0 aromatic carbocycles. The Balaban J connectivity index is 1.40. The first-order valence-corrected chi connectivity index (χ1v) is 9.32. The molecular formula is C18H27N5O. The van der Waals surface area contributed by atoms with Crippen molar-refractivity contribution in [1.82, 2.24) is 15.3 Å². The van der Waals surface area contributed by atoms with E-state index in [0.717, 1.165) is 24.8 Å². The van der Waals surface area contributed by atoms with Gasteiger partial charge in [0.1, 0.15) is 5.82 Å². The van der Waals surface area contributed by atoms with Crippen LogP contribution in [0.1, 0.15) is 44.9 Å². The number of nitrogens with two attached hydrogens (primary N) is 1. The molecule has 6 nitrogen and oxygen atoms in total. The first kappa shape index (κ1) is 15.7. The van der Waals surface area contributed by atoms with Crippen LogP contribution >= 0.6 is 0 Å². The van der Waals surface area contributed by atoms with Crippen LogP contribution in [0.5, 0.6) is 0 Å². The molecule has 0 unspecified atom stereocenters. The molecule has 1 aromatic heterocycles. The van der Waals surface area contributed by atoms with Gasteiger partial charge in [0.25, 0.3) is 0 Å². The molecule has 4 rings (SSSR count). The van der Waals surface area contributed by atoms with Crippen LogP contribution in [0.25, 0.3) is 0 Å². The van der Waals surface area contributed by atoms with Gasteiger partial charge in [0.05, 0.1) is 6.04 Å². The lowest BCUT2D eigenvalue weighted by Crippen LogP contribution is -2.41. The number of aromatic nitrogens is 2. The molecule has 6 heteroatoms. The fourth-order valence-electron chi connectivity index (χ4n) is 4.45. The lowest BCUT2D eigenvalue weighted by atomic mass is 9.97. The summed E-state index contributed by atoms with van der Waals surface area (Å²) >= 11 is 0. The molecule has 0 bridgehead atoms. The van der Waals surface area contributed by atoms with Crippen molar-refractivity contribution in [1.29, 1.82) is 0 Å². The molecule has 3 fully saturated rings. The van der Waals surface area contributed by atoms with Crippen LogP contribution < -0.4 is 16.0 Å². The van der Waals surface area contributed by atoms with Crippen LogP contribution in [0.4, 0.5) is 11.8 Å². The predicted octanol–water partition coefficient (Wildman–Crippen LogP) is 1.97. The molecule has 0 spiro atoms. The second-order valence-corrected chi connectivity index (χ2v) is 7.71. The number of nitrogen functional groups attached to an aromatic ring is 1. The van der Waals surface area contributed by atoms with Gasteiger partial charge in [0, 0.05) is 31.6 Å². The zero-order valence-corrected chi connectivity index (χ0v) is 14.2. The molecule has 2 atom stereocenters. The largest absolute Gasteiger partial charge is 0.368 e. The van der Waals surface area contributed by atoms with Crippen LogP contribution in [-0.2, 0) is 4.79 Å². The van der Waals surface area contributed by atoms with Crippen molar-refractivity contribution in [3.05, 3.63) is 12.3 Å². The van der Waals surface area contributed by atoms with Crippen LogP contribution in [0.3, 0.4) is 0 Å². The van der Waals surface area contributed by atoms with Crippen molar-refractivity contribution in [2.75, 3.05) is 23.7 Å². The van der Waals surface area contributed by atoms with Crippen molar-refractivity contribution >= 4 is 17.7 Å². The molecule has 24 heavy (non-hydrogen) atoms. The molecule has 130 valence electrons. The SMILES string of the molecule is Nc1nccc(N2C[C@H](NC(=O)CC3CCCC3)[C@@H](C3CC3)C2)n1. The lowest BCUT2D eigenvalue weighted by Gasteiger charge is -2.20. The Hall–Kier alpha value is -1.85. The third kappa shape index (κ3) is 3.47. The van der Waals surface area contributed by atoms with Crippen LogP contribution in [0.2, 0.25) is 0 Å². The molecule has 2 saturated carbocycles. The van der Waals surface area contributed by atoms with E-state index in [1.165, 1.54) is 38.5 Å². The average molecular weight is 329 g/mol. The van der Waals surface area contributed by atoms with Gasteiger partial charge in [-0.25, -0.2) is 4.98 Å². The number of carbonyl (C=O) groups is 1. The van der Waals surface area contributed by atoms with E-state index >= 15 is 0 Å². The van der Waals surface area contributed by atoms with E-state index in [1.54, 1.807) is 6.20 Å². The average Bonchev–Trinajstić information content (AvgIpc) is 3.11. The zero-order chi connectivity index (χ0) is 16.5. The summed E-state index contributed by atoms with van der Waals surface area (Å²) < 4.78 is 0. The van der Waals surface area contributed by atoms with Gasteiger partial charge < -0.3 is 16.0 Å². The number of hydrogen-bond acceptors (Lipinski definition) is 5. The number of anilines is 2. The minimum atomic E-state index is 0.238. The van der Waals surface area contributed by atoms with E-state index in [-0.39, 0.29) is 11.9 Å². The Kier molecular flexibility index (Phi) is 4.29. The first-order chi connectivity index (χ1) is 11.7. The highest BCUT2D eigenvalue weighted by Crippen LogP contribution is 2.42. The first-order valence-electron chi connectivity index (χ1n) is 9.32. The lowest BCUT2D eigenvalue weighted by molar-refractivity contribution is -0.122. The maximum absolute atomic E-state index is 12.5. The fraction of sp³-hybridized carbons (Fsp3) is 0.722. The van der Waals surface area contributed by atoms with Gasteiger partial charge in [-0.1, -0.05) is 12.8 Å². The third-order valence-electron chi connectivity index (χ3n) is 5.87. The minimum absolute atomic E-state index is 0.238. The second kappa shape index (κ2) is 6.57. The number of hydrogen-bond donors (Lipinski definition) is 2. The molecule has 3 N–H and O–H groups in total. The summed E-state index contributed by atoms with van der Waals surface area (Å²) in [6.45, 7) is 1.78. The topological polar surface area (TPSA) is 84.1 Å². The van der Waals surface area contributed by atoms with Crippen LogP contribution in [0, 0.1) is 17.8 Å². The van der Waals surface area contributed by atoms with Crippen LogP contribution in [0.15, 0.2) is 12.3 Å². The van der Waals surface area contributed by atoms with Crippen molar-refractivity contribution in [3.63, 3.8) is 0 Å². The summed E-state index contributed by atoms with van der Waals surface area (Å²) in [7, 11) is 0. The zero-order valence-electron chi connectivity index (χ0n) is 14.2. The Morgan fingerprint density at radius 2 is 2.04 bits per heavy atom. The predicted molar refractivity (Wildman–Crippen MR) is 93.4 cm³/mol. The standard InChI is InChI=1S/C18H27N5O/c19-18-20-8-7-16(22-18)23-10-14(13-5-6-13)15(11-23)21-17(24)9-12-3-1-2-4-12/h7-8,12-15H,1-6,9-11H2,(H,21,24)(H2,19,20,22)/t14-,15+/m1/s1. The summed E-state index contributed by atoms with van der Waals surface area (Å²) in [5.74, 6) is 3.31. The highest BCUT2D eigenvalue weighted by Gasteiger charge is 2.43. The summed E-state index contributed by atoms with van der Waals surface area (Å²) in [6, 6.07) is 2.14. The molecule has 2 aliphatic carbocycles. The van der Waals surface area contributed by atoms with Gasteiger partial charge in [0.15, 0.2) is 0 Å². The Labute approximate surface area is 143 Å². The monoisotopic (exact) mass is 329 g/mol. The van der Waals surface area contributed by atoms with E-state index in [2.05, 4.69) is 20.2 Å². The summed E-state index contributed by atoms with van der Waals surface area (Å²) in [5, 5.41) is 3.34. The van der Waals surface area contributed by atoms with Gasteiger partial charge in [-0.05, 0) is 43.6 Å². The fourth-order valence-corrected chi connectivity index (χ4v) is 4.45. The Morgan fingerprint density at radius 3 is 2.75 bits per heavy atom. The van der Waals surface area contributed by atoms with Gasteiger partial charge >= 0.3 is 0 Å². The van der Waals surface area contributed by atoms with Crippen molar-refractivity contribution in [2.45, 2.75) is 51.0 Å². The number of nitrogens with zero attached hydrogens (tertiary/aromatic N) is 3. The van der Waals surface area contributed by atoms with Gasteiger partial charge in [0.2, 0.25) is 11.9 Å².